The van der Waals surface area contributed by atoms with Gasteiger partial charge in [0.15, 0.2) is 5.82 Å². The van der Waals surface area contributed by atoms with Crippen molar-refractivity contribution in [2.24, 2.45) is 0 Å². The van der Waals surface area contributed by atoms with Crippen molar-refractivity contribution in [3.8, 4) is 11.5 Å². The first-order chi connectivity index (χ1) is 8.24. The third kappa shape index (κ3) is 1.73. The number of aromatic nitrogens is 3. The molecule has 0 bridgehead atoms. The van der Waals surface area contributed by atoms with Crippen molar-refractivity contribution in [1.29, 1.82) is 0 Å². The highest BCUT2D eigenvalue weighted by atomic mass is 19.1. The number of nitrogens with one attached hydrogen (secondary N) is 1. The van der Waals surface area contributed by atoms with E-state index in [9.17, 15) is 9.18 Å². The van der Waals surface area contributed by atoms with E-state index >= 15 is 0 Å². The van der Waals surface area contributed by atoms with Crippen molar-refractivity contribution in [3.63, 3.8) is 0 Å². The topological polar surface area (TPSA) is 58.6 Å². The molecule has 0 atom stereocenters. The number of hydrogen-bond acceptors (Lipinski definition) is 3. The summed E-state index contributed by atoms with van der Waals surface area (Å²) >= 11 is 0. The Morgan fingerprint density at radius 3 is 2.94 bits per heavy atom. The molecule has 0 aliphatic heterocycles. The van der Waals surface area contributed by atoms with Gasteiger partial charge >= 0.3 is 0 Å². The van der Waals surface area contributed by atoms with Crippen LogP contribution in [0.2, 0.25) is 0 Å². The lowest BCUT2D eigenvalue weighted by Gasteiger charge is -2.02. The van der Waals surface area contributed by atoms with Crippen LogP contribution in [0.5, 0.6) is 0 Å². The number of halogens is 1. The van der Waals surface area contributed by atoms with Crippen LogP contribution in [0.25, 0.3) is 11.5 Å². The Hall–Kier alpha value is -2.04. The van der Waals surface area contributed by atoms with Crippen LogP contribution >= 0.6 is 0 Å². The van der Waals surface area contributed by atoms with Crippen LogP contribution in [0.3, 0.4) is 0 Å². The van der Waals surface area contributed by atoms with E-state index in [-0.39, 0.29) is 5.56 Å². The molecule has 2 aromatic rings. The van der Waals surface area contributed by atoms with E-state index in [1.165, 1.54) is 12.1 Å². The van der Waals surface area contributed by atoms with Gasteiger partial charge in [0.1, 0.15) is 11.5 Å². The number of H-pyrrole nitrogens is 1. The Bertz CT molecular complexity index is 619. The number of fused-ring (bicyclic) bond motifs is 1. The SMILES string of the molecule is O=c1[nH]c(-c2ccc(F)cn2)nc2c1CCC2. The quantitative estimate of drug-likeness (QED) is 0.808. The molecule has 2 heterocycles. The minimum absolute atomic E-state index is 0.103. The summed E-state index contributed by atoms with van der Waals surface area (Å²) < 4.78 is 12.7. The molecule has 1 aliphatic rings. The number of aryl methyl sites for hydroxylation is 1. The number of hydrogen-bond donors (Lipinski definition) is 1. The normalized spacial score (nSPS) is 13.7. The van der Waals surface area contributed by atoms with Crippen molar-refractivity contribution < 1.29 is 4.39 Å². The first-order valence-corrected chi connectivity index (χ1v) is 5.48. The highest BCUT2D eigenvalue weighted by molar-refractivity contribution is 5.49. The maximum absolute atomic E-state index is 12.7. The van der Waals surface area contributed by atoms with Crippen molar-refractivity contribution in [3.05, 3.63) is 45.8 Å². The average Bonchev–Trinajstić information content (AvgIpc) is 2.78. The number of pyridine rings is 1. The molecule has 0 saturated carbocycles. The summed E-state index contributed by atoms with van der Waals surface area (Å²) in [4.78, 5) is 22.7. The van der Waals surface area contributed by atoms with Crippen molar-refractivity contribution in [2.75, 3.05) is 0 Å². The van der Waals surface area contributed by atoms with Gasteiger partial charge in [0.2, 0.25) is 0 Å². The van der Waals surface area contributed by atoms with Gasteiger partial charge in [0.25, 0.3) is 5.56 Å². The maximum Gasteiger partial charge on any atom is 0.254 e. The van der Waals surface area contributed by atoms with Gasteiger partial charge in [0.05, 0.1) is 11.9 Å². The Kier molecular flexibility index (Phi) is 2.24. The number of nitrogens with zero attached hydrogens (tertiary/aromatic N) is 2. The van der Waals surface area contributed by atoms with Crippen LogP contribution in [0.1, 0.15) is 17.7 Å². The van der Waals surface area contributed by atoms with Crippen LogP contribution in [0, 0.1) is 5.82 Å². The molecule has 4 nitrogen and oxygen atoms in total. The lowest BCUT2D eigenvalue weighted by atomic mass is 10.2. The lowest BCUT2D eigenvalue weighted by molar-refractivity contribution is 0.621. The largest absolute Gasteiger partial charge is 0.305 e. The van der Waals surface area contributed by atoms with Gasteiger partial charge in [-0.3, -0.25) is 4.79 Å². The highest BCUT2D eigenvalue weighted by Gasteiger charge is 2.17. The van der Waals surface area contributed by atoms with Crippen molar-refractivity contribution >= 4 is 0 Å². The van der Waals surface area contributed by atoms with Crippen molar-refractivity contribution in [2.45, 2.75) is 19.3 Å². The predicted molar refractivity (Wildman–Crippen MR) is 60.1 cm³/mol. The van der Waals surface area contributed by atoms with E-state index in [0.29, 0.717) is 11.5 Å². The Morgan fingerprint density at radius 2 is 2.18 bits per heavy atom. The molecule has 5 heteroatoms. The molecule has 1 N–H and O–H groups in total. The zero-order valence-corrected chi connectivity index (χ0v) is 9.03. The fourth-order valence-corrected chi connectivity index (χ4v) is 2.08. The van der Waals surface area contributed by atoms with E-state index < -0.39 is 5.82 Å². The molecule has 0 saturated heterocycles. The first kappa shape index (κ1) is 10.1. The average molecular weight is 231 g/mol. The number of rotatable bonds is 1. The summed E-state index contributed by atoms with van der Waals surface area (Å²) in [5.74, 6) is 0.00732. The summed E-state index contributed by atoms with van der Waals surface area (Å²) in [5.41, 5.74) is 2.00. The molecule has 0 fully saturated rings. The van der Waals surface area contributed by atoms with Gasteiger partial charge in [-0.25, -0.2) is 14.4 Å². The van der Waals surface area contributed by atoms with E-state index in [2.05, 4.69) is 15.0 Å². The van der Waals surface area contributed by atoms with E-state index in [1.807, 2.05) is 0 Å². The molecule has 1 aliphatic carbocycles. The maximum atomic E-state index is 12.7. The Labute approximate surface area is 96.6 Å². The number of aromatic amines is 1. The minimum Gasteiger partial charge on any atom is -0.305 e. The molecular weight excluding hydrogens is 221 g/mol. The van der Waals surface area contributed by atoms with Crippen molar-refractivity contribution in [1.82, 2.24) is 15.0 Å². The second-order valence-electron chi connectivity index (χ2n) is 4.05. The smallest absolute Gasteiger partial charge is 0.254 e. The molecule has 0 aromatic carbocycles. The first-order valence-electron chi connectivity index (χ1n) is 5.48. The van der Waals surface area contributed by atoms with Gasteiger partial charge in [-0.15, -0.1) is 0 Å². The summed E-state index contributed by atoms with van der Waals surface area (Å²) in [6, 6.07) is 2.81. The van der Waals surface area contributed by atoms with Gasteiger partial charge in [-0.05, 0) is 31.4 Å². The molecule has 0 amide bonds. The molecule has 0 unspecified atom stereocenters. The van der Waals surface area contributed by atoms with Crippen LogP contribution in [0.15, 0.2) is 23.1 Å². The Balaban J connectivity index is 2.13. The summed E-state index contributed by atoms with van der Waals surface area (Å²) in [6.07, 6.45) is 3.69. The third-order valence-corrected chi connectivity index (χ3v) is 2.91. The highest BCUT2D eigenvalue weighted by Crippen LogP contribution is 2.18. The van der Waals surface area contributed by atoms with E-state index in [4.69, 9.17) is 0 Å². The zero-order valence-electron chi connectivity index (χ0n) is 9.03. The van der Waals surface area contributed by atoms with Crippen LogP contribution in [-0.2, 0) is 12.8 Å². The standard InChI is InChI=1S/C12H10FN3O/c13-7-4-5-10(14-6-7)11-15-9-3-1-2-8(9)12(17)16-11/h4-6H,1-3H2,(H,15,16,17). The summed E-state index contributed by atoms with van der Waals surface area (Å²) in [7, 11) is 0. The van der Waals surface area contributed by atoms with Crippen LogP contribution in [-0.4, -0.2) is 15.0 Å². The monoisotopic (exact) mass is 231 g/mol. The molecule has 86 valence electrons. The van der Waals surface area contributed by atoms with E-state index in [1.54, 1.807) is 0 Å². The zero-order chi connectivity index (χ0) is 11.8. The van der Waals surface area contributed by atoms with Gasteiger partial charge in [-0.2, -0.15) is 0 Å². The molecule has 2 aromatic heterocycles. The third-order valence-electron chi connectivity index (χ3n) is 2.91. The fraction of sp³-hybridized carbons (Fsp3) is 0.250. The van der Waals surface area contributed by atoms with Crippen LogP contribution in [0.4, 0.5) is 4.39 Å². The predicted octanol–water partition coefficient (Wildman–Crippen LogP) is 1.46. The molecular formula is C12H10FN3O. The second-order valence-corrected chi connectivity index (χ2v) is 4.05. The Morgan fingerprint density at radius 1 is 1.29 bits per heavy atom. The van der Waals surface area contributed by atoms with Crippen LogP contribution < -0.4 is 5.56 Å². The summed E-state index contributed by atoms with van der Waals surface area (Å²) in [5, 5.41) is 0. The summed E-state index contributed by atoms with van der Waals surface area (Å²) in [6.45, 7) is 0. The fourth-order valence-electron chi connectivity index (χ4n) is 2.08. The lowest BCUT2D eigenvalue weighted by Crippen LogP contribution is -2.15. The minimum atomic E-state index is -0.405. The van der Waals surface area contributed by atoms with E-state index in [0.717, 1.165) is 36.7 Å². The molecule has 17 heavy (non-hydrogen) atoms. The van der Waals surface area contributed by atoms with Gasteiger partial charge < -0.3 is 4.98 Å². The van der Waals surface area contributed by atoms with Gasteiger partial charge in [-0.1, -0.05) is 0 Å². The molecule has 0 spiro atoms. The second kappa shape index (κ2) is 3.76. The molecule has 0 radical (unpaired) electrons. The van der Waals surface area contributed by atoms with Gasteiger partial charge in [0, 0.05) is 5.56 Å². The molecule has 3 rings (SSSR count).